The first kappa shape index (κ1) is 19.7. The standard InChI is InChI=1S/C21H34O2/c1-9-23-18(22)21(7,8)20(5,6)15-17(19(2,3)4)16-13-11-10-12-14-16/h10-14,17H,9,15H2,1-8H3. The third kappa shape index (κ3) is 4.59. The minimum atomic E-state index is -0.526. The highest BCUT2D eigenvalue weighted by atomic mass is 16.5. The zero-order valence-electron chi connectivity index (χ0n) is 16.2. The van der Waals surface area contributed by atoms with E-state index < -0.39 is 5.41 Å². The maximum Gasteiger partial charge on any atom is 0.312 e. The van der Waals surface area contributed by atoms with Gasteiger partial charge in [-0.15, -0.1) is 0 Å². The van der Waals surface area contributed by atoms with Gasteiger partial charge in [0.25, 0.3) is 0 Å². The lowest BCUT2D eigenvalue weighted by atomic mass is 9.60. The predicted molar refractivity (Wildman–Crippen MR) is 97.5 cm³/mol. The molecule has 1 unspecified atom stereocenters. The molecule has 2 nitrogen and oxygen atoms in total. The molecule has 0 aromatic heterocycles. The fourth-order valence-electron chi connectivity index (χ4n) is 2.96. The largest absolute Gasteiger partial charge is 0.466 e. The third-order valence-corrected chi connectivity index (χ3v) is 5.44. The molecule has 2 heteroatoms. The summed E-state index contributed by atoms with van der Waals surface area (Å²) < 4.78 is 5.33. The van der Waals surface area contributed by atoms with Crippen LogP contribution in [-0.4, -0.2) is 12.6 Å². The van der Waals surface area contributed by atoms with E-state index in [1.807, 2.05) is 20.8 Å². The fourth-order valence-corrected chi connectivity index (χ4v) is 2.96. The number of hydrogen-bond donors (Lipinski definition) is 0. The van der Waals surface area contributed by atoms with E-state index in [2.05, 4.69) is 65.0 Å². The van der Waals surface area contributed by atoms with E-state index in [9.17, 15) is 4.79 Å². The molecular weight excluding hydrogens is 284 g/mol. The molecule has 0 aliphatic heterocycles. The van der Waals surface area contributed by atoms with Gasteiger partial charge in [0.2, 0.25) is 0 Å². The quantitative estimate of drug-likeness (QED) is 0.618. The van der Waals surface area contributed by atoms with Gasteiger partial charge >= 0.3 is 5.97 Å². The molecule has 23 heavy (non-hydrogen) atoms. The van der Waals surface area contributed by atoms with Crippen LogP contribution in [0.3, 0.4) is 0 Å². The van der Waals surface area contributed by atoms with Crippen molar-refractivity contribution in [3.8, 4) is 0 Å². The smallest absolute Gasteiger partial charge is 0.312 e. The lowest BCUT2D eigenvalue weighted by Gasteiger charge is -2.44. The molecule has 0 saturated carbocycles. The molecule has 0 aliphatic carbocycles. The monoisotopic (exact) mass is 318 g/mol. The molecule has 0 fully saturated rings. The highest BCUT2D eigenvalue weighted by Gasteiger charge is 2.46. The Balaban J connectivity index is 3.14. The van der Waals surface area contributed by atoms with Crippen molar-refractivity contribution >= 4 is 5.97 Å². The summed E-state index contributed by atoms with van der Waals surface area (Å²) in [5.74, 6) is 0.276. The topological polar surface area (TPSA) is 26.3 Å². The second kappa shape index (κ2) is 7.07. The van der Waals surface area contributed by atoms with Crippen LogP contribution in [0.4, 0.5) is 0 Å². The molecule has 0 spiro atoms. The SMILES string of the molecule is CCOC(=O)C(C)(C)C(C)(C)CC(c1ccccc1)C(C)(C)C. The van der Waals surface area contributed by atoms with Crippen molar-refractivity contribution in [1.29, 1.82) is 0 Å². The molecule has 0 amide bonds. The lowest BCUT2D eigenvalue weighted by Crippen LogP contribution is -2.43. The van der Waals surface area contributed by atoms with Crippen LogP contribution in [0.1, 0.15) is 73.3 Å². The Bertz CT molecular complexity index is 506. The van der Waals surface area contributed by atoms with Gasteiger partial charge in [-0.1, -0.05) is 65.0 Å². The molecule has 1 aromatic rings. The number of hydrogen-bond acceptors (Lipinski definition) is 2. The number of carbonyl (C=O) groups excluding carboxylic acids is 1. The Labute approximate surface area is 142 Å². The maximum atomic E-state index is 12.5. The summed E-state index contributed by atoms with van der Waals surface area (Å²) in [7, 11) is 0. The summed E-state index contributed by atoms with van der Waals surface area (Å²) in [5, 5.41) is 0. The minimum Gasteiger partial charge on any atom is -0.466 e. The van der Waals surface area contributed by atoms with E-state index in [1.54, 1.807) is 0 Å². The summed E-state index contributed by atoms with van der Waals surface area (Å²) >= 11 is 0. The van der Waals surface area contributed by atoms with Crippen LogP contribution < -0.4 is 0 Å². The zero-order valence-corrected chi connectivity index (χ0v) is 16.2. The molecule has 1 aromatic carbocycles. The van der Waals surface area contributed by atoms with Crippen LogP contribution in [-0.2, 0) is 9.53 Å². The Hall–Kier alpha value is -1.31. The fraction of sp³-hybridized carbons (Fsp3) is 0.667. The van der Waals surface area contributed by atoms with E-state index >= 15 is 0 Å². The van der Waals surface area contributed by atoms with Crippen molar-refractivity contribution in [3.05, 3.63) is 35.9 Å². The molecule has 1 atom stereocenters. The summed E-state index contributed by atoms with van der Waals surface area (Å²) in [4.78, 5) is 12.5. The number of benzene rings is 1. The van der Waals surface area contributed by atoms with Crippen molar-refractivity contribution < 1.29 is 9.53 Å². The second-order valence-corrected chi connectivity index (χ2v) is 8.76. The van der Waals surface area contributed by atoms with E-state index in [4.69, 9.17) is 4.74 Å². The molecule has 0 saturated heterocycles. The normalized spacial score (nSPS) is 14.4. The van der Waals surface area contributed by atoms with Crippen molar-refractivity contribution in [3.63, 3.8) is 0 Å². The Morgan fingerprint density at radius 2 is 1.52 bits per heavy atom. The maximum absolute atomic E-state index is 12.5. The van der Waals surface area contributed by atoms with Gasteiger partial charge < -0.3 is 4.74 Å². The molecule has 0 N–H and O–H groups in total. The van der Waals surface area contributed by atoms with Crippen molar-refractivity contribution in [2.24, 2.45) is 16.2 Å². The molecule has 0 bridgehead atoms. The summed E-state index contributed by atoms with van der Waals surface area (Å²) in [5.41, 5.74) is 0.769. The molecule has 130 valence electrons. The molecule has 0 radical (unpaired) electrons. The van der Waals surface area contributed by atoms with E-state index in [-0.39, 0.29) is 16.8 Å². The van der Waals surface area contributed by atoms with Gasteiger partial charge in [0, 0.05) is 0 Å². The number of carbonyl (C=O) groups is 1. The zero-order chi connectivity index (χ0) is 17.9. The van der Waals surface area contributed by atoms with Gasteiger partial charge in [-0.25, -0.2) is 0 Å². The Kier molecular flexibility index (Phi) is 6.06. The van der Waals surface area contributed by atoms with Crippen molar-refractivity contribution in [1.82, 2.24) is 0 Å². The Morgan fingerprint density at radius 1 is 1.00 bits per heavy atom. The second-order valence-electron chi connectivity index (χ2n) is 8.76. The van der Waals surface area contributed by atoms with Gasteiger partial charge in [0.1, 0.15) is 0 Å². The lowest BCUT2D eigenvalue weighted by molar-refractivity contribution is -0.161. The van der Waals surface area contributed by atoms with Crippen LogP contribution in [0.25, 0.3) is 0 Å². The van der Waals surface area contributed by atoms with Crippen molar-refractivity contribution in [2.45, 2.75) is 67.7 Å². The summed E-state index contributed by atoms with van der Waals surface area (Å²) in [6.45, 7) is 17.5. The first-order chi connectivity index (χ1) is 10.4. The first-order valence-corrected chi connectivity index (χ1v) is 8.65. The number of ether oxygens (including phenoxy) is 1. The minimum absolute atomic E-state index is 0.106. The predicted octanol–water partition coefficient (Wildman–Crippen LogP) is 5.82. The van der Waals surface area contributed by atoms with Crippen LogP contribution in [0, 0.1) is 16.2 Å². The first-order valence-electron chi connectivity index (χ1n) is 8.65. The van der Waals surface area contributed by atoms with E-state index in [0.717, 1.165) is 6.42 Å². The van der Waals surface area contributed by atoms with Crippen LogP contribution in [0.15, 0.2) is 30.3 Å². The number of esters is 1. The van der Waals surface area contributed by atoms with E-state index in [0.29, 0.717) is 12.5 Å². The molecule has 0 heterocycles. The molecule has 0 aliphatic rings. The van der Waals surface area contributed by atoms with Gasteiger partial charge in [0.15, 0.2) is 0 Å². The van der Waals surface area contributed by atoms with Crippen molar-refractivity contribution in [2.75, 3.05) is 6.61 Å². The molecular formula is C21H34O2. The summed E-state index contributed by atoms with van der Waals surface area (Å²) in [6, 6.07) is 10.6. The Morgan fingerprint density at radius 3 is 1.96 bits per heavy atom. The summed E-state index contributed by atoms with van der Waals surface area (Å²) in [6.07, 6.45) is 0.937. The average Bonchev–Trinajstić information content (AvgIpc) is 2.44. The van der Waals surface area contributed by atoms with Crippen LogP contribution in [0.5, 0.6) is 0 Å². The van der Waals surface area contributed by atoms with Crippen LogP contribution in [0.2, 0.25) is 0 Å². The molecule has 1 rings (SSSR count). The van der Waals surface area contributed by atoms with Gasteiger partial charge in [0.05, 0.1) is 12.0 Å². The third-order valence-electron chi connectivity index (χ3n) is 5.44. The number of rotatable bonds is 6. The van der Waals surface area contributed by atoms with E-state index in [1.165, 1.54) is 5.56 Å². The highest BCUT2D eigenvalue weighted by molar-refractivity contribution is 5.77. The average molecular weight is 319 g/mol. The highest BCUT2D eigenvalue weighted by Crippen LogP contribution is 2.50. The van der Waals surface area contributed by atoms with Gasteiger partial charge in [-0.3, -0.25) is 4.79 Å². The van der Waals surface area contributed by atoms with Crippen LogP contribution >= 0.6 is 0 Å². The van der Waals surface area contributed by atoms with Gasteiger partial charge in [-0.2, -0.15) is 0 Å². The van der Waals surface area contributed by atoms with Gasteiger partial charge in [-0.05, 0) is 49.5 Å².